The molecule has 0 aliphatic carbocycles. The minimum absolute atomic E-state index is 0.0492. The van der Waals surface area contributed by atoms with Crippen molar-refractivity contribution in [2.24, 2.45) is 0 Å². The number of pyridine rings is 1. The highest BCUT2D eigenvalue weighted by molar-refractivity contribution is 7.89. The van der Waals surface area contributed by atoms with Crippen molar-refractivity contribution in [2.75, 3.05) is 31.9 Å². The third-order valence-electron chi connectivity index (χ3n) is 4.16. The minimum atomic E-state index is -3.78. The van der Waals surface area contributed by atoms with Crippen molar-refractivity contribution in [1.29, 1.82) is 0 Å². The van der Waals surface area contributed by atoms with Crippen LogP contribution in [-0.2, 0) is 10.0 Å². The second-order valence-corrected chi connectivity index (χ2v) is 7.86. The number of anilines is 1. The number of aromatic nitrogens is 3. The maximum absolute atomic E-state index is 13.0. The van der Waals surface area contributed by atoms with Crippen molar-refractivity contribution >= 4 is 27.4 Å². The topological polar surface area (TPSA) is 108 Å². The Kier molecular flexibility index (Phi) is 4.77. The van der Waals surface area contributed by atoms with Gasteiger partial charge in [0, 0.05) is 38.2 Å². The van der Waals surface area contributed by atoms with Crippen molar-refractivity contribution in [3.8, 4) is 0 Å². The summed E-state index contributed by atoms with van der Waals surface area (Å²) in [5.74, 6) is 0.695. The van der Waals surface area contributed by atoms with E-state index in [1.807, 2.05) is 6.92 Å². The van der Waals surface area contributed by atoms with Crippen molar-refractivity contribution in [2.45, 2.75) is 17.9 Å². The van der Waals surface area contributed by atoms with Gasteiger partial charge in [0.15, 0.2) is 0 Å². The first kappa shape index (κ1) is 17.2. The molecule has 0 saturated carbocycles. The minimum Gasteiger partial charge on any atom is -0.383 e. The fraction of sp³-hybridized carbons (Fsp3) is 0.429. The average Bonchev–Trinajstić information content (AvgIpc) is 3.10. The highest BCUT2D eigenvalue weighted by Gasteiger charge is 2.36. The fourth-order valence-electron chi connectivity index (χ4n) is 2.89. The van der Waals surface area contributed by atoms with E-state index in [4.69, 9.17) is 17.3 Å². The second-order valence-electron chi connectivity index (χ2n) is 5.52. The molecule has 1 aliphatic heterocycles. The predicted molar refractivity (Wildman–Crippen MR) is 91.0 cm³/mol. The molecule has 0 radical (unpaired) electrons. The monoisotopic (exact) mass is 370 g/mol. The molecule has 1 aliphatic rings. The number of likely N-dealkylation sites (N-methyl/N-ethyl adjacent to an activating group) is 1. The van der Waals surface area contributed by atoms with E-state index in [0.717, 1.165) is 12.4 Å². The van der Waals surface area contributed by atoms with Crippen LogP contribution in [0, 0.1) is 0 Å². The van der Waals surface area contributed by atoms with Crippen LogP contribution in [0.2, 0.25) is 5.02 Å². The van der Waals surface area contributed by atoms with Gasteiger partial charge in [-0.1, -0.05) is 18.5 Å². The Hall–Kier alpha value is -1.68. The Bertz CT molecular complexity index is 811. The van der Waals surface area contributed by atoms with Crippen LogP contribution in [0.15, 0.2) is 29.6 Å². The molecule has 24 heavy (non-hydrogen) atoms. The number of nitrogens with two attached hydrogens (primary N) is 1. The molecule has 8 nitrogen and oxygen atoms in total. The number of imidazole rings is 1. The van der Waals surface area contributed by atoms with Crippen LogP contribution in [0.5, 0.6) is 0 Å². The lowest BCUT2D eigenvalue weighted by Crippen LogP contribution is -2.50. The number of hydrogen-bond donors (Lipinski definition) is 2. The fourth-order valence-corrected chi connectivity index (χ4v) is 4.64. The number of nitrogens with zero attached hydrogens (tertiary/aromatic N) is 4. The van der Waals surface area contributed by atoms with Crippen LogP contribution in [0.25, 0.3) is 0 Å². The third kappa shape index (κ3) is 3.12. The van der Waals surface area contributed by atoms with E-state index in [0.29, 0.717) is 13.1 Å². The zero-order chi connectivity index (χ0) is 17.3. The Balaban J connectivity index is 1.93. The molecule has 0 amide bonds. The van der Waals surface area contributed by atoms with Crippen LogP contribution in [0.4, 0.5) is 5.82 Å². The van der Waals surface area contributed by atoms with Crippen molar-refractivity contribution in [3.63, 3.8) is 0 Å². The summed E-state index contributed by atoms with van der Waals surface area (Å²) in [6.07, 6.45) is 4.72. The smallest absolute Gasteiger partial charge is 0.246 e. The first-order chi connectivity index (χ1) is 11.4. The highest BCUT2D eigenvalue weighted by atomic mass is 35.5. The summed E-state index contributed by atoms with van der Waals surface area (Å²) in [5, 5.41) is 0.234. The van der Waals surface area contributed by atoms with Gasteiger partial charge in [-0.25, -0.2) is 18.4 Å². The van der Waals surface area contributed by atoms with Gasteiger partial charge < -0.3 is 10.7 Å². The Labute approximate surface area is 145 Å². The average molecular weight is 371 g/mol. The van der Waals surface area contributed by atoms with Crippen LogP contribution >= 0.6 is 11.6 Å². The number of piperazine rings is 1. The molecular formula is C14H19ClN6O2S. The van der Waals surface area contributed by atoms with Gasteiger partial charge in [0.05, 0.1) is 11.1 Å². The molecule has 3 heterocycles. The number of hydrogen-bond acceptors (Lipinski definition) is 6. The predicted octanol–water partition coefficient (Wildman–Crippen LogP) is 1.11. The van der Waals surface area contributed by atoms with Gasteiger partial charge >= 0.3 is 0 Å². The van der Waals surface area contributed by atoms with Gasteiger partial charge in [-0.15, -0.1) is 0 Å². The van der Waals surface area contributed by atoms with Gasteiger partial charge in [-0.3, -0.25) is 4.90 Å². The molecule has 3 rings (SSSR count). The Morgan fingerprint density at radius 1 is 1.42 bits per heavy atom. The van der Waals surface area contributed by atoms with Gasteiger partial charge in [0.2, 0.25) is 10.0 Å². The highest BCUT2D eigenvalue weighted by Crippen LogP contribution is 2.29. The molecular weight excluding hydrogens is 352 g/mol. The molecule has 0 aromatic carbocycles. The number of rotatable bonds is 4. The molecule has 1 atom stereocenters. The normalized spacial score (nSPS) is 20.3. The van der Waals surface area contributed by atoms with Crippen LogP contribution in [0.3, 0.4) is 0 Å². The lowest BCUT2D eigenvalue weighted by molar-refractivity contribution is 0.119. The summed E-state index contributed by atoms with van der Waals surface area (Å²) in [6, 6.07) is 1.20. The molecule has 2 aromatic heterocycles. The summed E-state index contributed by atoms with van der Waals surface area (Å²) in [6.45, 7) is 4.11. The van der Waals surface area contributed by atoms with Gasteiger partial charge in [-0.05, 0) is 12.6 Å². The maximum atomic E-state index is 13.0. The number of nitrogens with one attached hydrogen (secondary N) is 1. The van der Waals surface area contributed by atoms with E-state index < -0.39 is 10.0 Å². The van der Waals surface area contributed by atoms with Gasteiger partial charge in [0.1, 0.15) is 16.5 Å². The number of sulfonamides is 1. The van der Waals surface area contributed by atoms with Gasteiger partial charge in [0.25, 0.3) is 0 Å². The SMILES string of the molecule is CCN1CCN(S(=O)(=O)c2cc(Cl)cnc2N)C[C@@H]1c1ncc[nH]1. The van der Waals surface area contributed by atoms with E-state index in [1.54, 1.807) is 12.4 Å². The van der Waals surface area contributed by atoms with Crippen LogP contribution in [0.1, 0.15) is 18.8 Å². The maximum Gasteiger partial charge on any atom is 0.246 e. The number of nitrogen functional groups attached to an aromatic ring is 1. The summed E-state index contributed by atoms with van der Waals surface area (Å²) in [5.41, 5.74) is 5.76. The zero-order valence-electron chi connectivity index (χ0n) is 13.2. The number of H-pyrrole nitrogens is 1. The van der Waals surface area contributed by atoms with E-state index >= 15 is 0 Å². The summed E-state index contributed by atoms with van der Waals surface area (Å²) in [4.78, 5) is 13.3. The molecule has 1 saturated heterocycles. The standard InChI is InChI=1S/C14H19ClN6O2S/c1-2-20-5-6-21(9-11(20)14-17-3-4-18-14)24(22,23)12-7-10(15)8-19-13(12)16/h3-4,7-8,11H,2,5-6,9H2,1H3,(H2,16,19)(H,17,18)/t11-/m1/s1. The quantitative estimate of drug-likeness (QED) is 0.834. The lowest BCUT2D eigenvalue weighted by Gasteiger charge is -2.39. The Morgan fingerprint density at radius 2 is 2.21 bits per heavy atom. The van der Waals surface area contributed by atoms with E-state index in [1.165, 1.54) is 16.6 Å². The van der Waals surface area contributed by atoms with Gasteiger partial charge in [-0.2, -0.15) is 4.31 Å². The first-order valence-corrected chi connectivity index (χ1v) is 9.39. The van der Waals surface area contributed by atoms with Crippen LogP contribution in [-0.4, -0.2) is 58.8 Å². The van der Waals surface area contributed by atoms with E-state index in [9.17, 15) is 8.42 Å². The molecule has 10 heteroatoms. The molecule has 130 valence electrons. The van der Waals surface area contributed by atoms with Crippen LogP contribution < -0.4 is 5.73 Å². The number of halogens is 1. The van der Waals surface area contributed by atoms with Crippen molar-refractivity contribution in [3.05, 3.63) is 35.5 Å². The molecule has 0 spiro atoms. The largest absolute Gasteiger partial charge is 0.383 e. The van der Waals surface area contributed by atoms with E-state index in [2.05, 4.69) is 19.9 Å². The lowest BCUT2D eigenvalue weighted by atomic mass is 10.2. The summed E-state index contributed by atoms with van der Waals surface area (Å²) >= 11 is 5.89. The second kappa shape index (κ2) is 6.67. The first-order valence-electron chi connectivity index (χ1n) is 7.58. The number of aromatic amines is 1. The molecule has 0 bridgehead atoms. The van der Waals surface area contributed by atoms with Crippen molar-refractivity contribution in [1.82, 2.24) is 24.2 Å². The summed E-state index contributed by atoms with van der Waals surface area (Å²) in [7, 11) is -3.78. The summed E-state index contributed by atoms with van der Waals surface area (Å²) < 4.78 is 27.3. The molecule has 2 aromatic rings. The van der Waals surface area contributed by atoms with Crippen molar-refractivity contribution < 1.29 is 8.42 Å². The molecule has 1 fully saturated rings. The van der Waals surface area contributed by atoms with E-state index in [-0.39, 0.29) is 28.3 Å². The Morgan fingerprint density at radius 3 is 2.88 bits per heavy atom. The molecule has 0 unspecified atom stereocenters. The zero-order valence-corrected chi connectivity index (χ0v) is 14.8. The molecule has 3 N–H and O–H groups in total. The third-order valence-corrected chi connectivity index (χ3v) is 6.26.